The van der Waals surface area contributed by atoms with Gasteiger partial charge in [-0.3, -0.25) is 14.7 Å². The fourth-order valence-electron chi connectivity index (χ4n) is 3.88. The molecule has 1 fully saturated rings. The number of para-hydroxylation sites is 1. The zero-order chi connectivity index (χ0) is 21.0. The van der Waals surface area contributed by atoms with E-state index in [0.717, 1.165) is 30.9 Å². The van der Waals surface area contributed by atoms with Crippen molar-refractivity contribution in [3.8, 4) is 16.9 Å². The van der Waals surface area contributed by atoms with E-state index in [0.29, 0.717) is 24.3 Å². The number of carbonyl (C=O) groups excluding carboxylic acids is 1. The second-order valence-electron chi connectivity index (χ2n) is 7.61. The van der Waals surface area contributed by atoms with E-state index in [2.05, 4.69) is 26.7 Å². The van der Waals surface area contributed by atoms with Gasteiger partial charge in [0, 0.05) is 56.9 Å². The highest BCUT2D eigenvalue weighted by molar-refractivity contribution is 7.07. The van der Waals surface area contributed by atoms with E-state index in [1.807, 2.05) is 53.6 Å². The maximum Gasteiger partial charge on any atom is 0.257 e. The molecule has 1 aromatic carbocycles. The van der Waals surface area contributed by atoms with Crippen LogP contribution in [0.3, 0.4) is 0 Å². The van der Waals surface area contributed by atoms with E-state index in [1.165, 1.54) is 5.56 Å². The number of hydrogen-bond donors (Lipinski definition) is 0. The van der Waals surface area contributed by atoms with Crippen LogP contribution in [-0.2, 0) is 6.54 Å². The highest BCUT2D eigenvalue weighted by Crippen LogP contribution is 2.25. The zero-order valence-corrected chi connectivity index (χ0v) is 17.9. The first-order valence-corrected chi connectivity index (χ1v) is 11.3. The van der Waals surface area contributed by atoms with Crippen LogP contribution in [0, 0.1) is 0 Å². The summed E-state index contributed by atoms with van der Waals surface area (Å²) in [5.41, 5.74) is 4.39. The number of hydrogen-bond acceptors (Lipinski definition) is 5. The number of aromatic nitrogens is 3. The Bertz CT molecular complexity index is 1130. The summed E-state index contributed by atoms with van der Waals surface area (Å²) in [4.78, 5) is 22.1. The number of rotatable bonds is 5. The van der Waals surface area contributed by atoms with Crippen LogP contribution in [-0.4, -0.2) is 56.7 Å². The molecule has 0 bridgehead atoms. The molecular formula is C24H23N5OS. The van der Waals surface area contributed by atoms with Gasteiger partial charge in [0.25, 0.3) is 5.91 Å². The molecule has 31 heavy (non-hydrogen) atoms. The number of piperazine rings is 1. The molecule has 0 radical (unpaired) electrons. The smallest absolute Gasteiger partial charge is 0.257 e. The van der Waals surface area contributed by atoms with Crippen molar-refractivity contribution in [1.82, 2.24) is 24.6 Å². The summed E-state index contributed by atoms with van der Waals surface area (Å²) in [6.45, 7) is 4.11. The predicted molar refractivity (Wildman–Crippen MR) is 122 cm³/mol. The summed E-state index contributed by atoms with van der Waals surface area (Å²) in [5.74, 6) is 0.0243. The number of thiophene rings is 1. The Labute approximate surface area is 185 Å². The number of pyridine rings is 1. The third kappa shape index (κ3) is 4.28. The second kappa shape index (κ2) is 8.83. The van der Waals surface area contributed by atoms with Crippen molar-refractivity contribution < 1.29 is 4.79 Å². The minimum Gasteiger partial charge on any atom is -0.336 e. The molecule has 4 aromatic rings. The SMILES string of the molecule is O=C(c1cn(-c2ccccc2)nc1-c1cccnc1)N1CCN(Cc2ccsc2)CC1. The van der Waals surface area contributed by atoms with Gasteiger partial charge in [0.1, 0.15) is 5.69 Å². The monoisotopic (exact) mass is 429 g/mol. The summed E-state index contributed by atoms with van der Waals surface area (Å²) in [5, 5.41) is 9.05. The Morgan fingerprint density at radius 3 is 2.55 bits per heavy atom. The van der Waals surface area contributed by atoms with Gasteiger partial charge in [0.05, 0.1) is 11.3 Å². The van der Waals surface area contributed by atoms with Crippen LogP contribution in [0.2, 0.25) is 0 Å². The number of carbonyl (C=O) groups is 1. The van der Waals surface area contributed by atoms with Gasteiger partial charge in [-0.1, -0.05) is 18.2 Å². The van der Waals surface area contributed by atoms with Gasteiger partial charge < -0.3 is 4.90 Å². The first-order chi connectivity index (χ1) is 15.3. The van der Waals surface area contributed by atoms with E-state index < -0.39 is 0 Å². The topological polar surface area (TPSA) is 54.3 Å². The van der Waals surface area contributed by atoms with Crippen LogP contribution in [0.25, 0.3) is 16.9 Å². The second-order valence-corrected chi connectivity index (χ2v) is 8.39. The summed E-state index contributed by atoms with van der Waals surface area (Å²) < 4.78 is 1.78. The number of amides is 1. The Hall–Kier alpha value is -3.29. The molecule has 1 amide bonds. The predicted octanol–water partition coefficient (Wildman–Crippen LogP) is 3.95. The molecule has 1 aliphatic rings. The molecule has 1 aliphatic heterocycles. The molecule has 1 saturated heterocycles. The van der Waals surface area contributed by atoms with Crippen LogP contribution >= 0.6 is 11.3 Å². The number of benzene rings is 1. The molecule has 4 heterocycles. The quantitative estimate of drug-likeness (QED) is 0.482. The summed E-state index contributed by atoms with van der Waals surface area (Å²) in [6, 6.07) is 15.9. The molecule has 7 heteroatoms. The van der Waals surface area contributed by atoms with Crippen molar-refractivity contribution in [2.75, 3.05) is 26.2 Å². The van der Waals surface area contributed by atoms with Gasteiger partial charge in [-0.25, -0.2) is 4.68 Å². The lowest BCUT2D eigenvalue weighted by atomic mass is 10.1. The lowest BCUT2D eigenvalue weighted by Gasteiger charge is -2.34. The van der Waals surface area contributed by atoms with E-state index >= 15 is 0 Å². The molecule has 0 unspecified atom stereocenters. The first kappa shape index (κ1) is 19.7. The van der Waals surface area contributed by atoms with Gasteiger partial charge in [-0.05, 0) is 46.7 Å². The first-order valence-electron chi connectivity index (χ1n) is 10.4. The Kier molecular flexibility index (Phi) is 5.60. The average Bonchev–Trinajstić information content (AvgIpc) is 3.51. The van der Waals surface area contributed by atoms with Crippen molar-refractivity contribution in [1.29, 1.82) is 0 Å². The van der Waals surface area contributed by atoms with E-state index in [-0.39, 0.29) is 5.91 Å². The van der Waals surface area contributed by atoms with Crippen molar-refractivity contribution >= 4 is 17.2 Å². The average molecular weight is 430 g/mol. The normalized spacial score (nSPS) is 14.6. The third-order valence-corrected chi connectivity index (χ3v) is 6.28. The highest BCUT2D eigenvalue weighted by Gasteiger charge is 2.26. The fraction of sp³-hybridized carbons (Fsp3) is 0.208. The Balaban J connectivity index is 1.38. The van der Waals surface area contributed by atoms with Crippen LogP contribution < -0.4 is 0 Å². The van der Waals surface area contributed by atoms with Gasteiger partial charge >= 0.3 is 0 Å². The Morgan fingerprint density at radius 2 is 1.84 bits per heavy atom. The maximum atomic E-state index is 13.5. The van der Waals surface area contributed by atoms with Gasteiger partial charge in [-0.2, -0.15) is 16.4 Å². The summed E-state index contributed by atoms with van der Waals surface area (Å²) >= 11 is 1.73. The standard InChI is InChI=1S/C24H23N5OS/c30-24(28-12-10-27(11-13-28)16-19-8-14-31-18-19)22-17-29(21-6-2-1-3-7-21)26-23(22)20-5-4-9-25-15-20/h1-9,14-15,17-18H,10-13,16H2. The van der Waals surface area contributed by atoms with Crippen LogP contribution in [0.4, 0.5) is 0 Å². The lowest BCUT2D eigenvalue weighted by molar-refractivity contribution is 0.0629. The van der Waals surface area contributed by atoms with Crippen molar-refractivity contribution in [3.05, 3.63) is 89.0 Å². The number of nitrogens with zero attached hydrogens (tertiary/aromatic N) is 5. The van der Waals surface area contributed by atoms with Crippen molar-refractivity contribution in [2.45, 2.75) is 6.54 Å². The molecule has 6 nitrogen and oxygen atoms in total. The van der Waals surface area contributed by atoms with Crippen molar-refractivity contribution in [3.63, 3.8) is 0 Å². The molecule has 0 aliphatic carbocycles. The van der Waals surface area contributed by atoms with Crippen LogP contribution in [0.1, 0.15) is 15.9 Å². The maximum absolute atomic E-state index is 13.5. The summed E-state index contributed by atoms with van der Waals surface area (Å²) in [6.07, 6.45) is 5.33. The minimum atomic E-state index is 0.0243. The van der Waals surface area contributed by atoms with E-state index in [9.17, 15) is 4.79 Å². The molecule has 0 atom stereocenters. The van der Waals surface area contributed by atoms with Crippen LogP contribution in [0.15, 0.2) is 77.9 Å². The molecular weight excluding hydrogens is 406 g/mol. The van der Waals surface area contributed by atoms with Gasteiger partial charge in [0.15, 0.2) is 0 Å². The third-order valence-electron chi connectivity index (χ3n) is 5.55. The highest BCUT2D eigenvalue weighted by atomic mass is 32.1. The molecule has 0 spiro atoms. The van der Waals surface area contributed by atoms with E-state index in [1.54, 1.807) is 28.4 Å². The van der Waals surface area contributed by atoms with Crippen molar-refractivity contribution in [2.24, 2.45) is 0 Å². The molecule has 156 valence electrons. The molecule has 5 rings (SSSR count). The molecule has 3 aromatic heterocycles. The Morgan fingerprint density at radius 1 is 1.00 bits per heavy atom. The van der Waals surface area contributed by atoms with Gasteiger partial charge in [-0.15, -0.1) is 0 Å². The largest absolute Gasteiger partial charge is 0.336 e. The molecule has 0 saturated carbocycles. The van der Waals surface area contributed by atoms with Gasteiger partial charge in [0.2, 0.25) is 0 Å². The fourth-order valence-corrected chi connectivity index (χ4v) is 4.54. The lowest BCUT2D eigenvalue weighted by Crippen LogP contribution is -2.48. The molecule has 0 N–H and O–H groups in total. The summed E-state index contributed by atoms with van der Waals surface area (Å²) in [7, 11) is 0. The minimum absolute atomic E-state index is 0.0243. The zero-order valence-electron chi connectivity index (χ0n) is 17.1. The van der Waals surface area contributed by atoms with E-state index in [4.69, 9.17) is 5.10 Å². The van der Waals surface area contributed by atoms with Crippen LogP contribution in [0.5, 0.6) is 0 Å².